The van der Waals surface area contributed by atoms with E-state index in [1.54, 1.807) is 0 Å². The van der Waals surface area contributed by atoms with Gasteiger partial charge in [-0.3, -0.25) is 4.90 Å². The van der Waals surface area contributed by atoms with E-state index in [-0.39, 0.29) is 6.10 Å². The summed E-state index contributed by atoms with van der Waals surface area (Å²) in [4.78, 5) is 2.45. The van der Waals surface area contributed by atoms with Crippen LogP contribution in [0.3, 0.4) is 0 Å². The quantitative estimate of drug-likeness (QED) is 0.842. The Hall–Kier alpha value is -0.450. The molecule has 0 radical (unpaired) electrons. The number of ether oxygens (including phenoxy) is 1. The summed E-state index contributed by atoms with van der Waals surface area (Å²) < 4.78 is 11.8. The third kappa shape index (κ3) is 3.60. The molecule has 0 bridgehead atoms. The van der Waals surface area contributed by atoms with Crippen LogP contribution in [0.15, 0.2) is 16.5 Å². The van der Waals surface area contributed by atoms with Gasteiger partial charge < -0.3 is 9.15 Å². The Balaban J connectivity index is 1.56. The number of furan rings is 1. The predicted molar refractivity (Wildman–Crippen MR) is 83.1 cm³/mol. The van der Waals surface area contributed by atoms with Crippen molar-refractivity contribution in [3.63, 3.8) is 0 Å². The second-order valence-electron chi connectivity index (χ2n) is 5.92. The molecule has 2 aliphatic rings. The van der Waals surface area contributed by atoms with Crippen LogP contribution >= 0.6 is 11.8 Å². The van der Waals surface area contributed by atoms with E-state index in [0.717, 1.165) is 37.1 Å². The Morgan fingerprint density at radius 2 is 2.05 bits per heavy atom. The van der Waals surface area contributed by atoms with E-state index >= 15 is 0 Å². The molecule has 0 N–H and O–H groups in total. The summed E-state index contributed by atoms with van der Waals surface area (Å²) in [6, 6.07) is 4.95. The normalized spacial score (nSPS) is 25.2. The number of hydrogen-bond acceptors (Lipinski definition) is 4. The lowest BCUT2D eigenvalue weighted by Gasteiger charge is -2.30. The number of nitrogens with zero attached hydrogens (tertiary/aromatic N) is 1. The predicted octanol–water partition coefficient (Wildman–Crippen LogP) is 3.85. The summed E-state index contributed by atoms with van der Waals surface area (Å²) in [5.74, 6) is 4.70. The second-order valence-corrected chi connectivity index (χ2v) is 7.14. The van der Waals surface area contributed by atoms with Gasteiger partial charge in [-0.15, -0.1) is 0 Å². The van der Waals surface area contributed by atoms with Crippen molar-refractivity contribution in [2.75, 3.05) is 25.2 Å². The Bertz CT molecular complexity index is 408. The molecule has 3 heterocycles. The fourth-order valence-corrected chi connectivity index (χ4v) is 4.20. The van der Waals surface area contributed by atoms with E-state index in [1.165, 1.54) is 37.2 Å². The minimum atomic E-state index is 0.189. The van der Waals surface area contributed by atoms with Gasteiger partial charge in [0, 0.05) is 12.6 Å². The second kappa shape index (κ2) is 7.01. The molecule has 0 aromatic carbocycles. The third-order valence-corrected chi connectivity index (χ3v) is 5.45. The van der Waals surface area contributed by atoms with Gasteiger partial charge in [-0.25, -0.2) is 0 Å². The van der Waals surface area contributed by atoms with E-state index in [9.17, 15) is 0 Å². The molecule has 0 saturated carbocycles. The summed E-state index contributed by atoms with van der Waals surface area (Å²) in [6.07, 6.45) is 6.34. The molecule has 1 atom stereocenters. The van der Waals surface area contributed by atoms with Crippen molar-refractivity contribution < 1.29 is 9.15 Å². The average Bonchev–Trinajstić information content (AvgIpc) is 2.97. The number of hydrogen-bond donors (Lipinski definition) is 0. The van der Waals surface area contributed by atoms with Crippen molar-refractivity contribution >= 4 is 11.8 Å². The van der Waals surface area contributed by atoms with Crippen molar-refractivity contribution in [1.29, 1.82) is 0 Å². The van der Waals surface area contributed by atoms with Crippen molar-refractivity contribution in [3.05, 3.63) is 23.7 Å². The van der Waals surface area contributed by atoms with Crippen molar-refractivity contribution in [2.24, 2.45) is 0 Å². The molecular formula is C16H25NO2S. The summed E-state index contributed by atoms with van der Waals surface area (Å²) in [5.41, 5.74) is 0. The van der Waals surface area contributed by atoms with Crippen LogP contribution < -0.4 is 0 Å². The molecule has 20 heavy (non-hydrogen) atoms. The van der Waals surface area contributed by atoms with Crippen molar-refractivity contribution in [2.45, 2.75) is 50.8 Å². The zero-order valence-corrected chi connectivity index (χ0v) is 13.2. The van der Waals surface area contributed by atoms with Crippen LogP contribution in [0, 0.1) is 0 Å². The van der Waals surface area contributed by atoms with Crippen LogP contribution in [0.5, 0.6) is 0 Å². The summed E-state index contributed by atoms with van der Waals surface area (Å²) in [5, 5.41) is 0. The largest absolute Gasteiger partial charge is 0.462 e. The minimum absolute atomic E-state index is 0.189. The topological polar surface area (TPSA) is 25.6 Å². The monoisotopic (exact) mass is 295 g/mol. The first kappa shape index (κ1) is 14.5. The Labute approximate surface area is 126 Å². The van der Waals surface area contributed by atoms with Crippen LogP contribution in [0.25, 0.3) is 0 Å². The highest BCUT2D eigenvalue weighted by Gasteiger charge is 2.22. The molecule has 112 valence electrons. The third-order valence-electron chi connectivity index (χ3n) is 4.40. The molecule has 1 unspecified atom stereocenters. The van der Waals surface area contributed by atoms with Gasteiger partial charge in [0.15, 0.2) is 0 Å². The molecular weight excluding hydrogens is 270 g/mol. The molecule has 3 nitrogen and oxygen atoms in total. The molecule has 2 aliphatic heterocycles. The van der Waals surface area contributed by atoms with E-state index in [1.807, 2.05) is 0 Å². The maximum absolute atomic E-state index is 6.01. The molecule has 4 heteroatoms. The molecule has 3 rings (SSSR count). The van der Waals surface area contributed by atoms with Gasteiger partial charge in [-0.2, -0.15) is 11.8 Å². The van der Waals surface area contributed by atoms with E-state index < -0.39 is 0 Å². The molecule has 1 aromatic rings. The van der Waals surface area contributed by atoms with Crippen LogP contribution in [-0.4, -0.2) is 36.1 Å². The SMILES string of the molecule is CN(Cc1ccc(C2CCCCO2)o1)C1CCSCC1. The molecule has 2 fully saturated rings. The highest BCUT2D eigenvalue weighted by Crippen LogP contribution is 2.30. The van der Waals surface area contributed by atoms with Crippen molar-refractivity contribution in [3.8, 4) is 0 Å². The fourth-order valence-electron chi connectivity index (χ4n) is 3.12. The van der Waals surface area contributed by atoms with E-state index in [0.29, 0.717) is 0 Å². The van der Waals surface area contributed by atoms with Crippen LogP contribution in [-0.2, 0) is 11.3 Å². The molecule has 1 aromatic heterocycles. The van der Waals surface area contributed by atoms with Gasteiger partial charge in [-0.1, -0.05) is 0 Å². The number of rotatable bonds is 4. The lowest BCUT2D eigenvalue weighted by atomic mass is 10.1. The minimum Gasteiger partial charge on any atom is -0.462 e. The first-order valence-electron chi connectivity index (χ1n) is 7.81. The lowest BCUT2D eigenvalue weighted by molar-refractivity contribution is 0.000785. The van der Waals surface area contributed by atoms with Gasteiger partial charge in [0.1, 0.15) is 17.6 Å². The van der Waals surface area contributed by atoms with Crippen LogP contribution in [0.1, 0.15) is 49.7 Å². The smallest absolute Gasteiger partial charge is 0.133 e. The Morgan fingerprint density at radius 3 is 2.80 bits per heavy atom. The van der Waals surface area contributed by atoms with E-state index in [4.69, 9.17) is 9.15 Å². The molecule has 0 spiro atoms. The summed E-state index contributed by atoms with van der Waals surface area (Å²) in [6.45, 7) is 1.79. The van der Waals surface area contributed by atoms with Crippen molar-refractivity contribution in [1.82, 2.24) is 4.90 Å². The van der Waals surface area contributed by atoms with Gasteiger partial charge in [0.25, 0.3) is 0 Å². The van der Waals surface area contributed by atoms with Gasteiger partial charge >= 0.3 is 0 Å². The Morgan fingerprint density at radius 1 is 1.20 bits per heavy atom. The first-order chi connectivity index (χ1) is 9.83. The fraction of sp³-hybridized carbons (Fsp3) is 0.750. The summed E-state index contributed by atoms with van der Waals surface area (Å²) >= 11 is 2.08. The van der Waals surface area contributed by atoms with Gasteiger partial charge in [0.05, 0.1) is 6.54 Å². The molecule has 0 aliphatic carbocycles. The molecule has 0 amide bonds. The zero-order chi connectivity index (χ0) is 13.8. The Kier molecular flexibility index (Phi) is 5.08. The maximum atomic E-state index is 6.01. The average molecular weight is 295 g/mol. The van der Waals surface area contributed by atoms with Crippen LogP contribution in [0.2, 0.25) is 0 Å². The number of thioether (sulfide) groups is 1. The zero-order valence-electron chi connectivity index (χ0n) is 12.3. The highest BCUT2D eigenvalue weighted by atomic mass is 32.2. The van der Waals surface area contributed by atoms with E-state index in [2.05, 4.69) is 35.8 Å². The van der Waals surface area contributed by atoms with Crippen LogP contribution in [0.4, 0.5) is 0 Å². The highest BCUT2D eigenvalue weighted by molar-refractivity contribution is 7.99. The first-order valence-corrected chi connectivity index (χ1v) is 8.96. The summed E-state index contributed by atoms with van der Waals surface area (Å²) in [7, 11) is 2.22. The lowest BCUT2D eigenvalue weighted by Crippen LogP contribution is -2.34. The maximum Gasteiger partial charge on any atom is 0.133 e. The van der Waals surface area contributed by atoms with Gasteiger partial charge in [-0.05, 0) is 62.8 Å². The molecule has 2 saturated heterocycles. The van der Waals surface area contributed by atoms with Gasteiger partial charge in [0.2, 0.25) is 0 Å². The standard InChI is InChI=1S/C16H25NO2S/c1-17(13-7-10-20-11-8-13)12-14-5-6-16(19-14)15-4-2-3-9-18-15/h5-6,13,15H,2-4,7-12H2,1H3.